The van der Waals surface area contributed by atoms with Crippen LogP contribution in [0.4, 0.5) is 0 Å². The summed E-state index contributed by atoms with van der Waals surface area (Å²) in [5.41, 5.74) is 1.03. The van der Waals surface area contributed by atoms with E-state index in [2.05, 4.69) is 0 Å². The first kappa shape index (κ1) is 20.1. The molecule has 0 spiro atoms. The van der Waals surface area contributed by atoms with Crippen molar-refractivity contribution in [3.63, 3.8) is 0 Å². The molecule has 0 amide bonds. The van der Waals surface area contributed by atoms with Crippen LogP contribution in [0.25, 0.3) is 0 Å². The van der Waals surface area contributed by atoms with Gasteiger partial charge in [0, 0.05) is 0 Å². The molecule has 6 nitrogen and oxygen atoms in total. The number of ether oxygens (including phenoxy) is 2. The molecule has 0 aromatic heterocycles. The van der Waals surface area contributed by atoms with E-state index in [0.29, 0.717) is 6.42 Å². The molecule has 7 heteroatoms. The van der Waals surface area contributed by atoms with Gasteiger partial charge >= 0.3 is 5.97 Å². The van der Waals surface area contributed by atoms with E-state index in [1.165, 1.54) is 0 Å². The Kier molecular flexibility index (Phi) is 8.77. The van der Waals surface area contributed by atoms with Gasteiger partial charge in [-0.25, -0.2) is 4.79 Å². The number of esters is 1. The van der Waals surface area contributed by atoms with Crippen molar-refractivity contribution in [2.45, 2.75) is 59.4 Å². The zero-order chi connectivity index (χ0) is 16.6. The molecule has 0 N–H and O–H groups in total. The van der Waals surface area contributed by atoms with E-state index in [9.17, 15) is 13.2 Å². The van der Waals surface area contributed by atoms with Crippen LogP contribution in [-0.2, 0) is 28.6 Å². The minimum Gasteiger partial charge on any atom is -0.461 e. The number of carbonyl (C=O) groups excluding carboxylic acids is 1. The van der Waals surface area contributed by atoms with E-state index in [-0.39, 0.29) is 12.7 Å². The molecule has 2 unspecified atom stereocenters. The van der Waals surface area contributed by atoms with Crippen LogP contribution in [-0.4, -0.2) is 45.6 Å². The predicted molar refractivity (Wildman–Crippen MR) is 80.4 cm³/mol. The Bertz CT molecular complexity index is 448. The molecule has 0 heterocycles. The van der Waals surface area contributed by atoms with Crippen molar-refractivity contribution in [2.75, 3.05) is 12.9 Å². The van der Waals surface area contributed by atoms with Crippen molar-refractivity contribution in [3.05, 3.63) is 11.6 Å². The van der Waals surface area contributed by atoms with Crippen LogP contribution in [0.3, 0.4) is 0 Å². The molecule has 2 atom stereocenters. The minimum absolute atomic E-state index is 0.184. The fourth-order valence-corrected chi connectivity index (χ4v) is 2.19. The van der Waals surface area contributed by atoms with Gasteiger partial charge in [-0.1, -0.05) is 18.6 Å². The Morgan fingerprint density at radius 1 is 1.24 bits per heavy atom. The normalized spacial score (nSPS) is 14.6. The molecular formula is C14H26O6S. The first-order valence-corrected chi connectivity index (χ1v) is 8.72. The van der Waals surface area contributed by atoms with Crippen molar-refractivity contribution in [1.29, 1.82) is 0 Å². The highest BCUT2D eigenvalue weighted by Crippen LogP contribution is 2.14. The van der Waals surface area contributed by atoms with Gasteiger partial charge in [0.15, 0.2) is 6.10 Å². The van der Waals surface area contributed by atoms with Crippen molar-refractivity contribution in [2.24, 2.45) is 0 Å². The molecule has 124 valence electrons. The third-order valence-corrected chi connectivity index (χ3v) is 2.99. The largest absolute Gasteiger partial charge is 0.461 e. The summed E-state index contributed by atoms with van der Waals surface area (Å²) in [6, 6.07) is 0. The van der Waals surface area contributed by atoms with Crippen LogP contribution in [0, 0.1) is 0 Å². The molecule has 0 rings (SSSR count). The fourth-order valence-electron chi connectivity index (χ4n) is 1.50. The summed E-state index contributed by atoms with van der Waals surface area (Å²) in [4.78, 5) is 12.1. The van der Waals surface area contributed by atoms with Crippen LogP contribution in [0.5, 0.6) is 0 Å². The molecule has 0 fully saturated rings. The Labute approximate surface area is 127 Å². The Hall–Kier alpha value is -0.920. The van der Waals surface area contributed by atoms with Crippen molar-refractivity contribution >= 4 is 16.1 Å². The van der Waals surface area contributed by atoms with E-state index >= 15 is 0 Å². The molecule has 0 aliphatic carbocycles. The molecule has 21 heavy (non-hydrogen) atoms. The van der Waals surface area contributed by atoms with Crippen LogP contribution in [0.15, 0.2) is 11.6 Å². The maximum Gasteiger partial charge on any atom is 0.338 e. The summed E-state index contributed by atoms with van der Waals surface area (Å²) in [5, 5.41) is 0. The second-order valence-corrected chi connectivity index (χ2v) is 6.87. The molecule has 0 saturated heterocycles. The second kappa shape index (κ2) is 9.17. The highest BCUT2D eigenvalue weighted by Gasteiger charge is 2.33. The van der Waals surface area contributed by atoms with Gasteiger partial charge in [-0.2, -0.15) is 8.42 Å². The third kappa shape index (κ3) is 9.60. The van der Waals surface area contributed by atoms with Gasteiger partial charge < -0.3 is 9.47 Å². The second-order valence-electron chi connectivity index (χ2n) is 5.27. The topological polar surface area (TPSA) is 78.9 Å². The Morgan fingerprint density at radius 3 is 2.19 bits per heavy atom. The summed E-state index contributed by atoms with van der Waals surface area (Å²) < 4.78 is 38.1. The molecule has 0 aromatic rings. The highest BCUT2D eigenvalue weighted by molar-refractivity contribution is 7.86. The van der Waals surface area contributed by atoms with Gasteiger partial charge in [0.2, 0.25) is 0 Å². The number of allylic oxidation sites excluding steroid dienone is 1. The van der Waals surface area contributed by atoms with Gasteiger partial charge in [0.1, 0.15) is 6.10 Å². The summed E-state index contributed by atoms with van der Waals surface area (Å²) >= 11 is 0. The lowest BCUT2D eigenvalue weighted by Gasteiger charge is -2.24. The van der Waals surface area contributed by atoms with E-state index in [1.54, 1.807) is 26.8 Å². The van der Waals surface area contributed by atoms with E-state index < -0.39 is 28.3 Å². The fraction of sp³-hybridized carbons (Fsp3) is 0.786. The van der Waals surface area contributed by atoms with Gasteiger partial charge in [-0.15, -0.1) is 0 Å². The van der Waals surface area contributed by atoms with Gasteiger partial charge in [0.25, 0.3) is 10.1 Å². The van der Waals surface area contributed by atoms with E-state index in [4.69, 9.17) is 13.7 Å². The number of carbonyl (C=O) groups is 1. The lowest BCUT2D eigenvalue weighted by molar-refractivity contribution is -0.166. The average Bonchev–Trinajstić information content (AvgIpc) is 2.29. The smallest absolute Gasteiger partial charge is 0.338 e. The molecule has 0 radical (unpaired) electrons. The zero-order valence-corrected chi connectivity index (χ0v) is 14.4. The van der Waals surface area contributed by atoms with Crippen molar-refractivity contribution in [3.8, 4) is 0 Å². The molecule has 0 aliphatic heterocycles. The van der Waals surface area contributed by atoms with Crippen LogP contribution in [0.2, 0.25) is 0 Å². The van der Waals surface area contributed by atoms with Crippen LogP contribution >= 0.6 is 0 Å². The van der Waals surface area contributed by atoms with E-state index in [1.807, 2.05) is 13.8 Å². The third-order valence-electron chi connectivity index (χ3n) is 2.39. The molecular weight excluding hydrogens is 296 g/mol. The monoisotopic (exact) mass is 322 g/mol. The molecule has 0 bridgehead atoms. The molecule has 0 aliphatic rings. The van der Waals surface area contributed by atoms with Gasteiger partial charge in [0.05, 0.1) is 19.0 Å². The average molecular weight is 322 g/mol. The maximum atomic E-state index is 12.1. The maximum absolute atomic E-state index is 12.1. The van der Waals surface area contributed by atoms with Crippen LogP contribution in [0.1, 0.15) is 41.0 Å². The summed E-state index contributed by atoms with van der Waals surface area (Å²) in [5.74, 6) is -0.623. The standard InChI is InChI=1S/C14H26O6S/c1-7-12(20-21(6,16)17)13(14(15)19-11(4)5)18-9-8-10(2)3/h8,11-13H,7,9H2,1-6H3. The van der Waals surface area contributed by atoms with Gasteiger partial charge in [-0.05, 0) is 34.1 Å². The Balaban J connectivity index is 5.06. The number of rotatable bonds is 9. The number of hydrogen-bond donors (Lipinski definition) is 0. The first-order valence-electron chi connectivity index (χ1n) is 6.90. The molecule has 0 aromatic carbocycles. The zero-order valence-electron chi connectivity index (χ0n) is 13.6. The first-order chi connectivity index (χ1) is 9.56. The molecule has 0 saturated carbocycles. The predicted octanol–water partition coefficient (Wildman–Crippen LogP) is 2.04. The number of hydrogen-bond acceptors (Lipinski definition) is 6. The SMILES string of the molecule is CCC(OS(C)(=O)=O)C(OCC=C(C)C)C(=O)OC(C)C. The summed E-state index contributed by atoms with van der Waals surface area (Å²) in [7, 11) is -3.69. The minimum atomic E-state index is -3.69. The lowest BCUT2D eigenvalue weighted by Crippen LogP contribution is -2.41. The summed E-state index contributed by atoms with van der Waals surface area (Å²) in [6.45, 7) is 9.12. The van der Waals surface area contributed by atoms with Crippen LogP contribution < -0.4 is 0 Å². The summed E-state index contributed by atoms with van der Waals surface area (Å²) in [6.07, 6.45) is 0.737. The highest BCUT2D eigenvalue weighted by atomic mass is 32.2. The Morgan fingerprint density at radius 2 is 1.81 bits per heavy atom. The quantitative estimate of drug-likeness (QED) is 0.367. The van der Waals surface area contributed by atoms with Crippen molar-refractivity contribution < 1.29 is 26.9 Å². The lowest BCUT2D eigenvalue weighted by atomic mass is 10.1. The van der Waals surface area contributed by atoms with Gasteiger partial charge in [-0.3, -0.25) is 4.18 Å². The van der Waals surface area contributed by atoms with Crippen molar-refractivity contribution in [1.82, 2.24) is 0 Å². The van der Waals surface area contributed by atoms with E-state index in [0.717, 1.165) is 11.8 Å².